The van der Waals surface area contributed by atoms with Gasteiger partial charge >= 0.3 is 13.1 Å². The molecule has 0 aliphatic rings. The van der Waals surface area contributed by atoms with E-state index in [0.717, 1.165) is 0 Å². The molecular formula is C6H13FNO5P. The van der Waals surface area contributed by atoms with Crippen LogP contribution in [0.15, 0.2) is 0 Å². The summed E-state index contributed by atoms with van der Waals surface area (Å²) in [5.74, 6) is 0. The normalized spacial score (nSPS) is 16.3. The van der Waals surface area contributed by atoms with E-state index in [9.17, 15) is 19.1 Å². The predicted molar refractivity (Wildman–Crippen MR) is 47.4 cm³/mol. The molecule has 0 spiro atoms. The highest BCUT2D eigenvalue weighted by Crippen LogP contribution is 2.60. The molecule has 0 aromatic carbocycles. The van der Waals surface area contributed by atoms with Gasteiger partial charge in [0.05, 0.1) is 25.1 Å². The highest BCUT2D eigenvalue weighted by molar-refractivity contribution is 7.55. The lowest BCUT2D eigenvalue weighted by Crippen LogP contribution is -2.31. The standard InChI is InChI=1S/C6H13FNO5P/c1-4-12-14(11,13-5-2)6(3,7)8(9)10/h4-5H2,1-3H3. The second kappa shape index (κ2) is 4.82. The molecule has 0 saturated heterocycles. The van der Waals surface area contributed by atoms with E-state index in [4.69, 9.17) is 0 Å². The summed E-state index contributed by atoms with van der Waals surface area (Å²) in [7, 11) is -4.34. The molecule has 6 nitrogen and oxygen atoms in total. The SMILES string of the molecule is CCOP(=O)(OCC)C(C)(F)[N+](=O)[O-]. The Kier molecular flexibility index (Phi) is 4.64. The maximum Gasteiger partial charge on any atom is 0.453 e. The number of nitro groups is 1. The molecule has 84 valence electrons. The average molecular weight is 229 g/mol. The number of hydrogen-bond donors (Lipinski definition) is 0. The molecule has 0 aromatic rings. The minimum absolute atomic E-state index is 0.120. The van der Waals surface area contributed by atoms with Gasteiger partial charge in [0.25, 0.3) is 0 Å². The van der Waals surface area contributed by atoms with Crippen LogP contribution in [0.5, 0.6) is 0 Å². The zero-order chi connectivity index (χ0) is 11.4. The lowest BCUT2D eigenvalue weighted by atomic mass is 10.7. The van der Waals surface area contributed by atoms with Gasteiger partial charge in [-0.05, 0) is 13.8 Å². The summed E-state index contributed by atoms with van der Waals surface area (Å²) in [6, 6.07) is 0. The number of alkyl halides is 1. The molecule has 0 radical (unpaired) electrons. The van der Waals surface area contributed by atoms with Crippen molar-refractivity contribution in [2.45, 2.75) is 26.3 Å². The molecule has 8 heteroatoms. The van der Waals surface area contributed by atoms with E-state index in [0.29, 0.717) is 6.92 Å². The monoisotopic (exact) mass is 229 g/mol. The van der Waals surface area contributed by atoms with Crippen LogP contribution >= 0.6 is 7.60 Å². The maximum absolute atomic E-state index is 13.4. The fourth-order valence-electron chi connectivity index (χ4n) is 0.713. The molecule has 0 fully saturated rings. The molecule has 1 unspecified atom stereocenters. The Balaban J connectivity index is 4.99. The number of halogens is 1. The van der Waals surface area contributed by atoms with Gasteiger partial charge in [-0.15, -0.1) is 0 Å². The van der Waals surface area contributed by atoms with Gasteiger partial charge in [0, 0.05) is 0 Å². The molecule has 0 aliphatic carbocycles. The molecule has 0 aromatic heterocycles. The van der Waals surface area contributed by atoms with Crippen LogP contribution in [0.25, 0.3) is 0 Å². The third kappa shape index (κ3) is 2.50. The van der Waals surface area contributed by atoms with Crippen molar-refractivity contribution >= 4 is 7.60 Å². The highest BCUT2D eigenvalue weighted by Gasteiger charge is 2.59. The summed E-state index contributed by atoms with van der Waals surface area (Å²) < 4.78 is 34.1. The molecule has 1 atom stereocenters. The van der Waals surface area contributed by atoms with Crippen LogP contribution in [-0.2, 0) is 13.6 Å². The molecule has 0 amide bonds. The lowest BCUT2D eigenvalue weighted by molar-refractivity contribution is -0.573. The first-order valence-electron chi connectivity index (χ1n) is 4.04. The van der Waals surface area contributed by atoms with Crippen molar-refractivity contribution in [3.8, 4) is 0 Å². The lowest BCUT2D eigenvalue weighted by Gasteiger charge is -2.21. The predicted octanol–water partition coefficient (Wildman–Crippen LogP) is 2.17. The highest BCUT2D eigenvalue weighted by atomic mass is 31.2. The summed E-state index contributed by atoms with van der Waals surface area (Å²) in [5, 5.41) is 10.3. The molecular weight excluding hydrogens is 216 g/mol. The van der Waals surface area contributed by atoms with Crippen molar-refractivity contribution < 1.29 is 22.9 Å². The first-order valence-corrected chi connectivity index (χ1v) is 5.58. The van der Waals surface area contributed by atoms with Crippen molar-refractivity contribution in [2.24, 2.45) is 0 Å². The van der Waals surface area contributed by atoms with Crippen LogP contribution < -0.4 is 0 Å². The second-order valence-corrected chi connectivity index (χ2v) is 4.82. The Morgan fingerprint density at radius 1 is 1.43 bits per heavy atom. The fourth-order valence-corrected chi connectivity index (χ4v) is 2.14. The molecule has 0 saturated carbocycles. The fraction of sp³-hybridized carbons (Fsp3) is 1.00. The van der Waals surface area contributed by atoms with Crippen molar-refractivity contribution in [1.29, 1.82) is 0 Å². The van der Waals surface area contributed by atoms with E-state index in [1.54, 1.807) is 0 Å². The van der Waals surface area contributed by atoms with Crippen LogP contribution in [0.4, 0.5) is 4.39 Å². The molecule has 14 heavy (non-hydrogen) atoms. The molecule has 0 heterocycles. The van der Waals surface area contributed by atoms with Crippen molar-refractivity contribution in [2.75, 3.05) is 13.2 Å². The van der Waals surface area contributed by atoms with E-state index >= 15 is 0 Å². The Morgan fingerprint density at radius 3 is 2.00 bits per heavy atom. The van der Waals surface area contributed by atoms with Gasteiger partial charge in [-0.1, -0.05) is 0 Å². The van der Waals surface area contributed by atoms with Gasteiger partial charge in [-0.3, -0.25) is 10.1 Å². The van der Waals surface area contributed by atoms with Crippen molar-refractivity contribution in [1.82, 2.24) is 0 Å². The molecule has 0 N–H and O–H groups in total. The van der Waals surface area contributed by atoms with E-state index in [-0.39, 0.29) is 13.2 Å². The molecule has 0 aliphatic heterocycles. The third-order valence-corrected chi connectivity index (χ3v) is 3.79. The van der Waals surface area contributed by atoms with Crippen LogP contribution in [-0.4, -0.2) is 23.7 Å². The van der Waals surface area contributed by atoms with Crippen molar-refractivity contribution in [3.05, 3.63) is 10.1 Å². The van der Waals surface area contributed by atoms with Gasteiger partial charge in [0.2, 0.25) is 0 Å². The van der Waals surface area contributed by atoms with Gasteiger partial charge in [-0.2, -0.15) is 4.39 Å². The Hall–Kier alpha value is -0.520. The van der Waals surface area contributed by atoms with Crippen LogP contribution in [0, 0.1) is 10.1 Å². The summed E-state index contributed by atoms with van der Waals surface area (Å²) in [5.41, 5.74) is -3.21. The molecule has 0 bridgehead atoms. The Morgan fingerprint density at radius 2 is 1.79 bits per heavy atom. The van der Waals surface area contributed by atoms with E-state index < -0.39 is 18.1 Å². The quantitative estimate of drug-likeness (QED) is 0.302. The maximum atomic E-state index is 13.4. The number of rotatable bonds is 6. The zero-order valence-corrected chi connectivity index (χ0v) is 9.12. The van der Waals surface area contributed by atoms with Crippen LogP contribution in [0.2, 0.25) is 0 Å². The smallest absolute Gasteiger partial charge is 0.302 e. The summed E-state index contributed by atoms with van der Waals surface area (Å²) in [6.07, 6.45) is 0. The minimum Gasteiger partial charge on any atom is -0.302 e. The van der Waals surface area contributed by atoms with Gasteiger partial charge < -0.3 is 9.05 Å². The van der Waals surface area contributed by atoms with Crippen LogP contribution in [0.3, 0.4) is 0 Å². The van der Waals surface area contributed by atoms with Crippen LogP contribution in [0.1, 0.15) is 20.8 Å². The van der Waals surface area contributed by atoms with Gasteiger partial charge in [0.1, 0.15) is 0 Å². The van der Waals surface area contributed by atoms with Gasteiger partial charge in [0.15, 0.2) is 0 Å². The first-order chi connectivity index (χ1) is 6.31. The van der Waals surface area contributed by atoms with E-state index in [2.05, 4.69) is 9.05 Å². The summed E-state index contributed by atoms with van der Waals surface area (Å²) in [4.78, 5) is 9.01. The summed E-state index contributed by atoms with van der Waals surface area (Å²) in [6.45, 7) is 3.22. The third-order valence-electron chi connectivity index (χ3n) is 1.43. The van der Waals surface area contributed by atoms with E-state index in [1.807, 2.05) is 0 Å². The molecule has 0 rings (SSSR count). The Labute approximate surface area is 81.1 Å². The summed E-state index contributed by atoms with van der Waals surface area (Å²) >= 11 is 0. The second-order valence-electron chi connectivity index (χ2n) is 2.50. The van der Waals surface area contributed by atoms with E-state index in [1.165, 1.54) is 13.8 Å². The topological polar surface area (TPSA) is 78.7 Å². The number of hydrogen-bond acceptors (Lipinski definition) is 5. The zero-order valence-electron chi connectivity index (χ0n) is 8.23. The first kappa shape index (κ1) is 13.5. The van der Waals surface area contributed by atoms with Crippen molar-refractivity contribution in [3.63, 3.8) is 0 Å². The largest absolute Gasteiger partial charge is 0.453 e. The average Bonchev–Trinajstić information content (AvgIpc) is 2.04. The minimum atomic E-state index is -4.34. The number of nitrogens with zero attached hydrogens (tertiary/aromatic N) is 1. The Bertz CT molecular complexity index is 247. The van der Waals surface area contributed by atoms with Gasteiger partial charge in [-0.25, -0.2) is 4.57 Å².